The van der Waals surface area contributed by atoms with Crippen LogP contribution in [0.1, 0.15) is 25.5 Å². The summed E-state index contributed by atoms with van der Waals surface area (Å²) in [6, 6.07) is 6.91. The van der Waals surface area contributed by atoms with Gasteiger partial charge in [0.1, 0.15) is 5.75 Å². The molecule has 0 aliphatic carbocycles. The predicted octanol–water partition coefficient (Wildman–Crippen LogP) is 1.42. The molecule has 3 N–H and O–H groups in total. The first kappa shape index (κ1) is 12.9. The number of rotatable bonds is 3. The number of hydrogen-bond acceptors (Lipinski definition) is 3. The monoisotopic (exact) mass is 248 g/mol. The predicted molar refractivity (Wildman–Crippen MR) is 70.2 cm³/mol. The Labute approximate surface area is 107 Å². The third kappa shape index (κ3) is 2.82. The number of carbonyl (C=O) groups is 1. The van der Waals surface area contributed by atoms with Crippen molar-refractivity contribution in [3.8, 4) is 5.75 Å². The molecule has 1 amide bonds. The molecule has 4 heteroatoms. The molecule has 1 aliphatic rings. The summed E-state index contributed by atoms with van der Waals surface area (Å²) in [6.45, 7) is 5.67. The molecular weight excluding hydrogens is 228 g/mol. The topological polar surface area (TPSA) is 61.4 Å². The number of carbonyl (C=O) groups excluding carboxylic acids is 1. The molecule has 0 radical (unpaired) electrons. The normalized spacial score (nSPS) is 24.8. The van der Waals surface area contributed by atoms with Crippen molar-refractivity contribution in [1.82, 2.24) is 10.6 Å². The number of hydrogen-bond donors (Lipinski definition) is 3. The number of amides is 1. The summed E-state index contributed by atoms with van der Waals surface area (Å²) >= 11 is 0. The molecule has 0 bridgehead atoms. The van der Waals surface area contributed by atoms with E-state index in [1.807, 2.05) is 13.0 Å². The van der Waals surface area contributed by atoms with Gasteiger partial charge in [0.05, 0.1) is 12.0 Å². The van der Waals surface area contributed by atoms with Crippen LogP contribution in [0.4, 0.5) is 0 Å². The average molecular weight is 248 g/mol. The van der Waals surface area contributed by atoms with Crippen LogP contribution in [0.2, 0.25) is 0 Å². The zero-order chi connectivity index (χ0) is 13.1. The second-order valence-electron chi connectivity index (χ2n) is 5.07. The molecule has 1 aromatic carbocycles. The zero-order valence-corrected chi connectivity index (χ0v) is 10.8. The molecule has 98 valence electrons. The van der Waals surface area contributed by atoms with Gasteiger partial charge < -0.3 is 15.7 Å². The molecular formula is C14H20N2O2. The summed E-state index contributed by atoms with van der Waals surface area (Å²) in [6.07, 6.45) is 0. The van der Waals surface area contributed by atoms with Crippen LogP contribution in [0, 0.1) is 11.8 Å². The minimum atomic E-state index is -0.0857. The molecule has 1 heterocycles. The molecule has 2 rings (SSSR count). The number of phenolic OH excluding ortho intramolecular Hbond substituents is 1. The first-order valence-electron chi connectivity index (χ1n) is 6.38. The van der Waals surface area contributed by atoms with Gasteiger partial charge in [-0.25, -0.2) is 0 Å². The van der Waals surface area contributed by atoms with Gasteiger partial charge in [0.15, 0.2) is 0 Å². The molecule has 18 heavy (non-hydrogen) atoms. The van der Waals surface area contributed by atoms with Gasteiger partial charge in [-0.05, 0) is 37.1 Å². The Bertz CT molecular complexity index is 434. The fourth-order valence-electron chi connectivity index (χ4n) is 2.36. The highest BCUT2D eigenvalue weighted by Crippen LogP contribution is 2.20. The standard InChI is InChI=1S/C14H20N2O2/c1-9-7-15-8-13(9)14(18)16-10(2)11-4-3-5-12(17)6-11/h3-6,9-10,13,15,17H,7-8H2,1-2H3,(H,16,18). The first-order chi connectivity index (χ1) is 8.58. The summed E-state index contributed by atoms with van der Waals surface area (Å²) in [4.78, 5) is 12.1. The van der Waals surface area contributed by atoms with Crippen molar-refractivity contribution in [3.63, 3.8) is 0 Å². The Hall–Kier alpha value is -1.55. The fraction of sp³-hybridized carbons (Fsp3) is 0.500. The number of phenols is 1. The smallest absolute Gasteiger partial charge is 0.225 e. The van der Waals surface area contributed by atoms with E-state index in [-0.39, 0.29) is 23.6 Å². The summed E-state index contributed by atoms with van der Waals surface area (Å²) < 4.78 is 0. The van der Waals surface area contributed by atoms with Gasteiger partial charge in [0.25, 0.3) is 0 Å². The van der Waals surface area contributed by atoms with E-state index in [0.717, 1.165) is 18.7 Å². The van der Waals surface area contributed by atoms with Gasteiger partial charge in [0, 0.05) is 6.54 Å². The largest absolute Gasteiger partial charge is 0.508 e. The van der Waals surface area contributed by atoms with Crippen LogP contribution < -0.4 is 10.6 Å². The van der Waals surface area contributed by atoms with Crippen molar-refractivity contribution in [2.45, 2.75) is 19.9 Å². The highest BCUT2D eigenvalue weighted by Gasteiger charge is 2.30. The summed E-state index contributed by atoms with van der Waals surface area (Å²) in [5, 5.41) is 15.7. The van der Waals surface area contributed by atoms with Gasteiger partial charge in [-0.3, -0.25) is 4.79 Å². The quantitative estimate of drug-likeness (QED) is 0.758. The van der Waals surface area contributed by atoms with Crippen LogP contribution in [0.3, 0.4) is 0 Å². The molecule has 1 fully saturated rings. The second kappa shape index (κ2) is 5.40. The third-order valence-electron chi connectivity index (χ3n) is 3.58. The van der Waals surface area contributed by atoms with E-state index in [2.05, 4.69) is 17.6 Å². The van der Waals surface area contributed by atoms with E-state index < -0.39 is 0 Å². The molecule has 1 saturated heterocycles. The number of benzene rings is 1. The van der Waals surface area contributed by atoms with E-state index >= 15 is 0 Å². The second-order valence-corrected chi connectivity index (χ2v) is 5.07. The van der Waals surface area contributed by atoms with Gasteiger partial charge in [-0.1, -0.05) is 19.1 Å². The van der Waals surface area contributed by atoms with E-state index in [1.165, 1.54) is 0 Å². The van der Waals surface area contributed by atoms with Gasteiger partial charge in [0.2, 0.25) is 5.91 Å². The van der Waals surface area contributed by atoms with Crippen molar-refractivity contribution in [2.75, 3.05) is 13.1 Å². The van der Waals surface area contributed by atoms with Gasteiger partial charge in [-0.15, -0.1) is 0 Å². The Morgan fingerprint density at radius 1 is 1.50 bits per heavy atom. The van der Waals surface area contributed by atoms with Crippen molar-refractivity contribution >= 4 is 5.91 Å². The van der Waals surface area contributed by atoms with Gasteiger partial charge in [-0.2, -0.15) is 0 Å². The van der Waals surface area contributed by atoms with Crippen LogP contribution in [-0.4, -0.2) is 24.1 Å². The van der Waals surface area contributed by atoms with Crippen LogP contribution in [0.25, 0.3) is 0 Å². The van der Waals surface area contributed by atoms with Crippen LogP contribution >= 0.6 is 0 Å². The molecule has 0 spiro atoms. The van der Waals surface area contributed by atoms with Crippen molar-refractivity contribution in [1.29, 1.82) is 0 Å². The maximum absolute atomic E-state index is 12.1. The fourth-order valence-corrected chi connectivity index (χ4v) is 2.36. The molecule has 1 aliphatic heterocycles. The summed E-state index contributed by atoms with van der Waals surface area (Å²) in [7, 11) is 0. The lowest BCUT2D eigenvalue weighted by Gasteiger charge is -2.19. The molecule has 4 nitrogen and oxygen atoms in total. The van der Waals surface area contributed by atoms with E-state index in [0.29, 0.717) is 5.92 Å². The van der Waals surface area contributed by atoms with E-state index in [9.17, 15) is 9.90 Å². The molecule has 0 aromatic heterocycles. The number of nitrogens with one attached hydrogen (secondary N) is 2. The molecule has 1 aromatic rings. The van der Waals surface area contributed by atoms with Crippen molar-refractivity contribution in [3.05, 3.63) is 29.8 Å². The van der Waals surface area contributed by atoms with E-state index in [4.69, 9.17) is 0 Å². The lowest BCUT2D eigenvalue weighted by Crippen LogP contribution is -2.35. The molecule has 3 unspecified atom stereocenters. The van der Waals surface area contributed by atoms with Crippen molar-refractivity contribution in [2.24, 2.45) is 11.8 Å². The Morgan fingerprint density at radius 3 is 2.89 bits per heavy atom. The Morgan fingerprint density at radius 2 is 2.28 bits per heavy atom. The average Bonchev–Trinajstić information content (AvgIpc) is 2.75. The highest BCUT2D eigenvalue weighted by molar-refractivity contribution is 5.80. The lowest BCUT2D eigenvalue weighted by molar-refractivity contribution is -0.126. The molecule has 0 saturated carbocycles. The van der Waals surface area contributed by atoms with Crippen LogP contribution in [-0.2, 0) is 4.79 Å². The SMILES string of the molecule is CC(NC(=O)C1CNCC1C)c1cccc(O)c1. The zero-order valence-electron chi connectivity index (χ0n) is 10.8. The molecule has 3 atom stereocenters. The van der Waals surface area contributed by atoms with Crippen molar-refractivity contribution < 1.29 is 9.90 Å². The minimum Gasteiger partial charge on any atom is -0.508 e. The number of aromatic hydroxyl groups is 1. The minimum absolute atomic E-state index is 0.0461. The Balaban J connectivity index is 1.98. The van der Waals surface area contributed by atoms with Crippen LogP contribution in [0.5, 0.6) is 5.75 Å². The third-order valence-corrected chi connectivity index (χ3v) is 3.58. The Kier molecular flexibility index (Phi) is 3.87. The summed E-state index contributed by atoms with van der Waals surface area (Å²) in [5.41, 5.74) is 0.918. The summed E-state index contributed by atoms with van der Waals surface area (Å²) in [5.74, 6) is 0.735. The maximum atomic E-state index is 12.1. The highest BCUT2D eigenvalue weighted by atomic mass is 16.3. The van der Waals surface area contributed by atoms with E-state index in [1.54, 1.807) is 18.2 Å². The first-order valence-corrected chi connectivity index (χ1v) is 6.38. The lowest BCUT2D eigenvalue weighted by atomic mass is 9.96. The van der Waals surface area contributed by atoms with Crippen LogP contribution in [0.15, 0.2) is 24.3 Å². The maximum Gasteiger partial charge on any atom is 0.225 e. The van der Waals surface area contributed by atoms with Gasteiger partial charge >= 0.3 is 0 Å².